The van der Waals surface area contributed by atoms with Gasteiger partial charge in [-0.25, -0.2) is 17.9 Å². The molecule has 1 aliphatic heterocycles. The molecule has 11 heteroatoms. The maximum atomic E-state index is 13.4. The van der Waals surface area contributed by atoms with Crippen LogP contribution in [0.2, 0.25) is 0 Å². The molecular weight excluding hydrogens is 383 g/mol. The number of benzene rings is 1. The van der Waals surface area contributed by atoms with Crippen molar-refractivity contribution in [2.24, 2.45) is 5.92 Å². The van der Waals surface area contributed by atoms with E-state index in [0.717, 1.165) is 35.5 Å². The Labute approximate surface area is 155 Å². The van der Waals surface area contributed by atoms with Gasteiger partial charge in [0.1, 0.15) is 11.7 Å². The summed E-state index contributed by atoms with van der Waals surface area (Å²) >= 11 is 0. The molecule has 1 aromatic rings. The van der Waals surface area contributed by atoms with Crippen LogP contribution >= 0.6 is 0 Å². The lowest BCUT2D eigenvalue weighted by Gasteiger charge is -2.23. The molecule has 148 valence electrons. The molecule has 0 aromatic heterocycles. The van der Waals surface area contributed by atoms with Crippen LogP contribution in [0.5, 0.6) is 0 Å². The zero-order chi connectivity index (χ0) is 20.4. The number of likely N-dealkylation sites (tertiary alicyclic amines) is 1. The van der Waals surface area contributed by atoms with Gasteiger partial charge in [-0.2, -0.15) is 0 Å². The van der Waals surface area contributed by atoms with Gasteiger partial charge in [0.05, 0.1) is 25.2 Å². The Balaban J connectivity index is 2.27. The van der Waals surface area contributed by atoms with E-state index in [2.05, 4.69) is 0 Å². The molecule has 1 N–H and O–H groups in total. The number of carbonyl (C=O) groups is 3. The van der Waals surface area contributed by atoms with E-state index in [1.54, 1.807) is 0 Å². The molecule has 0 aliphatic carbocycles. The second-order valence-electron chi connectivity index (χ2n) is 5.97. The number of sulfone groups is 1. The van der Waals surface area contributed by atoms with Gasteiger partial charge in [0.2, 0.25) is 5.78 Å². The van der Waals surface area contributed by atoms with Crippen LogP contribution in [0.25, 0.3) is 0 Å². The predicted octanol–water partition coefficient (Wildman–Crippen LogP) is -0.861. The number of rotatable bonds is 7. The Kier molecular flexibility index (Phi) is 6.29. The Morgan fingerprint density at radius 3 is 2.63 bits per heavy atom. The number of aliphatic hydroxyl groups excluding tert-OH is 1. The van der Waals surface area contributed by atoms with Crippen LogP contribution in [0.3, 0.4) is 0 Å². The molecule has 27 heavy (non-hydrogen) atoms. The Hall–Kier alpha value is -2.37. The van der Waals surface area contributed by atoms with Crippen LogP contribution in [0.15, 0.2) is 23.1 Å². The molecule has 1 atom stereocenters. The van der Waals surface area contributed by atoms with Gasteiger partial charge in [0.25, 0.3) is 11.8 Å². The summed E-state index contributed by atoms with van der Waals surface area (Å²) in [6, 6.07) is 3.07. The third-order valence-electron chi connectivity index (χ3n) is 4.09. The highest BCUT2D eigenvalue weighted by molar-refractivity contribution is 7.90. The van der Waals surface area contributed by atoms with Crippen LogP contribution in [-0.4, -0.2) is 74.1 Å². The second kappa shape index (κ2) is 8.11. The van der Waals surface area contributed by atoms with E-state index in [4.69, 9.17) is 9.94 Å². The summed E-state index contributed by atoms with van der Waals surface area (Å²) in [7, 11) is -2.63. The number of carbonyl (C=O) groups excluding carboxylic acids is 3. The van der Waals surface area contributed by atoms with Gasteiger partial charge in [-0.1, -0.05) is 6.07 Å². The quantitative estimate of drug-likeness (QED) is 0.358. The lowest BCUT2D eigenvalue weighted by molar-refractivity contribution is -0.184. The fraction of sp³-hybridized carbons (Fsp3) is 0.438. The molecule has 1 heterocycles. The highest BCUT2D eigenvalue weighted by Gasteiger charge is 2.44. The van der Waals surface area contributed by atoms with E-state index in [1.807, 2.05) is 0 Å². The first-order valence-corrected chi connectivity index (χ1v) is 9.77. The lowest BCUT2D eigenvalue weighted by Crippen LogP contribution is -2.39. The molecule has 0 bridgehead atoms. The first-order valence-electron chi connectivity index (χ1n) is 7.88. The zero-order valence-electron chi connectivity index (χ0n) is 14.7. The monoisotopic (exact) mass is 402 g/mol. The number of hydrogen-bond acceptors (Lipinski definition) is 7. The van der Waals surface area contributed by atoms with E-state index in [-0.39, 0.29) is 36.7 Å². The number of hydroxylamine groups is 2. The Bertz CT molecular complexity index is 872. The summed E-state index contributed by atoms with van der Waals surface area (Å²) in [5.41, 5.74) is 0.0955. The molecule has 1 fully saturated rings. The third-order valence-corrected chi connectivity index (χ3v) is 5.27. The van der Waals surface area contributed by atoms with E-state index in [9.17, 15) is 27.2 Å². The van der Waals surface area contributed by atoms with Crippen molar-refractivity contribution in [1.82, 2.24) is 9.96 Å². The number of amides is 2. The number of Topliss-reactive ketones (excluding diaryl/α,β-unsaturated/α-hetero) is 1. The minimum Gasteiger partial charge on any atom is -0.395 e. The van der Waals surface area contributed by atoms with Crippen molar-refractivity contribution in [2.45, 2.75) is 11.4 Å². The fourth-order valence-electron chi connectivity index (χ4n) is 2.76. The van der Waals surface area contributed by atoms with Crippen LogP contribution in [0, 0.1) is 11.7 Å². The van der Waals surface area contributed by atoms with Crippen LogP contribution in [-0.2, 0) is 35.6 Å². The van der Waals surface area contributed by atoms with E-state index >= 15 is 0 Å². The van der Waals surface area contributed by atoms with Crippen molar-refractivity contribution in [3.63, 3.8) is 0 Å². The van der Waals surface area contributed by atoms with Gasteiger partial charge < -0.3 is 10.0 Å². The van der Waals surface area contributed by atoms with Crippen LogP contribution in [0.4, 0.5) is 4.39 Å². The van der Waals surface area contributed by atoms with Crippen molar-refractivity contribution < 1.29 is 37.1 Å². The number of aliphatic hydroxyl groups is 1. The summed E-state index contributed by atoms with van der Waals surface area (Å²) in [6.45, 7) is -1.02. The highest BCUT2D eigenvalue weighted by Crippen LogP contribution is 2.22. The molecule has 1 aliphatic rings. The molecule has 0 spiro atoms. The Morgan fingerprint density at radius 1 is 1.41 bits per heavy atom. The topological polar surface area (TPSA) is 121 Å². The third kappa shape index (κ3) is 4.49. The summed E-state index contributed by atoms with van der Waals surface area (Å²) in [5.74, 6) is -4.73. The van der Waals surface area contributed by atoms with Crippen molar-refractivity contribution in [3.05, 3.63) is 29.6 Å². The second-order valence-corrected chi connectivity index (χ2v) is 7.96. The summed E-state index contributed by atoms with van der Waals surface area (Å²) < 4.78 is 37.2. The van der Waals surface area contributed by atoms with Crippen LogP contribution < -0.4 is 0 Å². The summed E-state index contributed by atoms with van der Waals surface area (Å²) in [4.78, 5) is 42.2. The largest absolute Gasteiger partial charge is 0.395 e. The van der Waals surface area contributed by atoms with Gasteiger partial charge >= 0.3 is 0 Å². The molecule has 1 aromatic carbocycles. The average Bonchev–Trinajstić information content (AvgIpc) is 2.88. The summed E-state index contributed by atoms with van der Waals surface area (Å²) in [6.07, 6.45) is 0.899. The molecule has 0 saturated carbocycles. The number of nitrogens with zero attached hydrogens (tertiary/aromatic N) is 2. The van der Waals surface area contributed by atoms with Crippen molar-refractivity contribution in [2.75, 3.05) is 33.1 Å². The van der Waals surface area contributed by atoms with E-state index in [0.29, 0.717) is 0 Å². The SMILES string of the molecule is CON(Cc1ccc(F)cc1S(C)(=O)=O)C(=O)C1CN(CCO)C(=O)C1=O. The molecule has 2 rings (SSSR count). The van der Waals surface area contributed by atoms with E-state index < -0.39 is 39.2 Å². The van der Waals surface area contributed by atoms with Gasteiger partial charge in [0.15, 0.2) is 9.84 Å². The van der Waals surface area contributed by atoms with Gasteiger partial charge in [-0.3, -0.25) is 19.2 Å². The Morgan fingerprint density at radius 2 is 2.07 bits per heavy atom. The first kappa shape index (κ1) is 20.9. The lowest BCUT2D eigenvalue weighted by atomic mass is 10.1. The number of β-amino-alcohol motifs (C(OH)–C–C–N with tert-alkyl or cyclic N) is 1. The molecule has 0 radical (unpaired) electrons. The predicted molar refractivity (Wildman–Crippen MR) is 89.2 cm³/mol. The summed E-state index contributed by atoms with van der Waals surface area (Å²) in [5, 5.41) is 9.67. The number of ketones is 1. The average molecular weight is 402 g/mol. The minimum atomic E-state index is -3.78. The highest BCUT2D eigenvalue weighted by atomic mass is 32.2. The smallest absolute Gasteiger partial charge is 0.290 e. The molecule has 9 nitrogen and oxygen atoms in total. The maximum Gasteiger partial charge on any atom is 0.290 e. The van der Waals surface area contributed by atoms with Crippen molar-refractivity contribution in [3.8, 4) is 0 Å². The molecule has 1 saturated heterocycles. The van der Waals surface area contributed by atoms with Crippen LogP contribution in [0.1, 0.15) is 5.56 Å². The standard InChI is InChI=1S/C16H19FN2O7S/c1-26-19(8-10-3-4-11(17)7-13(10)27(2,24)25)15(22)12-9-18(5-6-20)16(23)14(12)21/h3-4,7,12,20H,5-6,8-9H2,1-2H3. The number of hydrogen-bond donors (Lipinski definition) is 1. The van der Waals surface area contributed by atoms with Gasteiger partial charge in [-0.15, -0.1) is 0 Å². The molecular formula is C16H19FN2O7S. The minimum absolute atomic E-state index is 0.0858. The van der Waals surface area contributed by atoms with Crippen molar-refractivity contribution >= 4 is 27.4 Å². The molecule has 1 unspecified atom stereocenters. The normalized spacial score (nSPS) is 17.5. The maximum absolute atomic E-state index is 13.4. The number of halogens is 1. The van der Waals surface area contributed by atoms with Gasteiger partial charge in [0, 0.05) is 19.3 Å². The first-order chi connectivity index (χ1) is 12.6. The van der Waals surface area contributed by atoms with Crippen molar-refractivity contribution in [1.29, 1.82) is 0 Å². The van der Waals surface area contributed by atoms with E-state index in [1.165, 1.54) is 6.07 Å². The fourth-order valence-corrected chi connectivity index (χ4v) is 3.70. The van der Waals surface area contributed by atoms with Gasteiger partial charge in [-0.05, 0) is 17.7 Å². The molecule has 2 amide bonds. The zero-order valence-corrected chi connectivity index (χ0v) is 15.5.